The highest BCUT2D eigenvalue weighted by Gasteiger charge is 2.21. The molecule has 2 N–H and O–H groups in total. The Hall–Kier alpha value is -1.44. The summed E-state index contributed by atoms with van der Waals surface area (Å²) < 4.78 is 5.80. The molecule has 2 amide bonds. The Labute approximate surface area is 186 Å². The fraction of sp³-hybridized carbons (Fsp3) is 0.381. The molecule has 1 heterocycles. The molecule has 1 aliphatic heterocycles. The molecule has 8 heteroatoms. The molecule has 0 saturated carbocycles. The van der Waals surface area contributed by atoms with Gasteiger partial charge in [0.2, 0.25) is 0 Å². The number of nitrogens with one attached hydrogen (secondary N) is 2. The van der Waals surface area contributed by atoms with Gasteiger partial charge in [-0.25, -0.2) is 4.79 Å². The fourth-order valence-corrected chi connectivity index (χ4v) is 4.17. The van der Waals surface area contributed by atoms with Gasteiger partial charge in [-0.1, -0.05) is 47.5 Å². The molecule has 29 heavy (non-hydrogen) atoms. The molecule has 2 aromatic carbocycles. The summed E-state index contributed by atoms with van der Waals surface area (Å²) in [4.78, 5) is 15.6. The Bertz CT molecular complexity index is 837. The number of amides is 2. The summed E-state index contributed by atoms with van der Waals surface area (Å²) >= 11 is 13.8. The van der Waals surface area contributed by atoms with Crippen molar-refractivity contribution in [3.8, 4) is 0 Å². The van der Waals surface area contributed by atoms with Gasteiger partial charge in [-0.3, -0.25) is 4.90 Å². The molecule has 0 bridgehead atoms. The van der Waals surface area contributed by atoms with E-state index in [0.717, 1.165) is 30.8 Å². The molecule has 5 nitrogen and oxygen atoms in total. The van der Waals surface area contributed by atoms with Crippen molar-refractivity contribution in [3.63, 3.8) is 0 Å². The Morgan fingerprint density at radius 2 is 2.03 bits per heavy atom. The van der Waals surface area contributed by atoms with Gasteiger partial charge in [0, 0.05) is 37.6 Å². The molecular weight excluding hydrogens is 429 g/mol. The number of benzene rings is 2. The number of morpholine rings is 1. The number of urea groups is 1. The van der Waals surface area contributed by atoms with Crippen LogP contribution in [0.3, 0.4) is 0 Å². The van der Waals surface area contributed by atoms with E-state index in [1.165, 1.54) is 4.90 Å². The lowest BCUT2D eigenvalue weighted by Gasteiger charge is -2.33. The van der Waals surface area contributed by atoms with Gasteiger partial charge in [0.05, 0.1) is 22.8 Å². The molecule has 3 rings (SSSR count). The van der Waals surface area contributed by atoms with Gasteiger partial charge in [-0.05, 0) is 35.6 Å². The fourth-order valence-electron chi connectivity index (χ4n) is 3.24. The summed E-state index contributed by atoms with van der Waals surface area (Å²) in [6.07, 6.45) is 1.99. The Kier molecular flexibility index (Phi) is 8.51. The normalized spacial score (nSPS) is 17.1. The van der Waals surface area contributed by atoms with E-state index < -0.39 is 0 Å². The maximum Gasteiger partial charge on any atom is 0.315 e. The lowest BCUT2D eigenvalue weighted by atomic mass is 10.2. The van der Waals surface area contributed by atoms with Crippen LogP contribution in [0.4, 0.5) is 4.79 Å². The molecule has 1 unspecified atom stereocenters. The van der Waals surface area contributed by atoms with Gasteiger partial charge in [0.15, 0.2) is 0 Å². The molecule has 0 spiro atoms. The van der Waals surface area contributed by atoms with Crippen LogP contribution in [0, 0.1) is 0 Å². The van der Waals surface area contributed by atoms with Crippen molar-refractivity contribution in [2.45, 2.75) is 24.1 Å². The van der Waals surface area contributed by atoms with Gasteiger partial charge in [0.25, 0.3) is 0 Å². The highest BCUT2D eigenvalue weighted by Crippen LogP contribution is 2.23. The highest BCUT2D eigenvalue weighted by molar-refractivity contribution is 7.98. The average Bonchev–Trinajstić information content (AvgIpc) is 2.74. The van der Waals surface area contributed by atoms with E-state index in [9.17, 15) is 4.79 Å². The Morgan fingerprint density at radius 1 is 1.21 bits per heavy atom. The van der Waals surface area contributed by atoms with Crippen LogP contribution in [0.15, 0.2) is 47.4 Å². The van der Waals surface area contributed by atoms with Gasteiger partial charge in [-0.15, -0.1) is 11.8 Å². The van der Waals surface area contributed by atoms with E-state index in [4.69, 9.17) is 27.9 Å². The number of nitrogens with zero attached hydrogens (tertiary/aromatic N) is 1. The van der Waals surface area contributed by atoms with E-state index in [2.05, 4.69) is 21.6 Å². The van der Waals surface area contributed by atoms with Crippen LogP contribution in [-0.4, -0.2) is 49.5 Å². The van der Waals surface area contributed by atoms with Crippen molar-refractivity contribution in [3.05, 3.63) is 63.6 Å². The first kappa shape index (κ1) is 22.2. The molecule has 1 saturated heterocycles. The van der Waals surface area contributed by atoms with Crippen LogP contribution >= 0.6 is 35.0 Å². The third-order valence-electron chi connectivity index (χ3n) is 4.74. The summed E-state index contributed by atoms with van der Waals surface area (Å²) in [5, 5.41) is 6.96. The number of rotatable bonds is 7. The minimum Gasteiger partial charge on any atom is -0.374 e. The summed E-state index contributed by atoms with van der Waals surface area (Å²) in [6, 6.07) is 13.6. The van der Waals surface area contributed by atoms with Gasteiger partial charge < -0.3 is 15.4 Å². The van der Waals surface area contributed by atoms with Crippen molar-refractivity contribution in [2.75, 3.05) is 32.5 Å². The summed E-state index contributed by atoms with van der Waals surface area (Å²) in [5.41, 5.74) is 2.22. The number of halogens is 2. The number of hydrogen-bond donors (Lipinski definition) is 2. The van der Waals surface area contributed by atoms with Crippen LogP contribution in [0.2, 0.25) is 10.0 Å². The zero-order valence-corrected chi connectivity index (χ0v) is 18.6. The van der Waals surface area contributed by atoms with Crippen molar-refractivity contribution in [1.29, 1.82) is 0 Å². The standard InChI is InChI=1S/C21H25Cl2N3O2S/c1-29-20-5-3-2-4-16(20)11-24-21(27)25-12-17-14-26(8-9-28-17)13-15-6-7-18(22)19(23)10-15/h2-7,10,17H,8-9,11-14H2,1H3,(H2,24,25,27). The Morgan fingerprint density at radius 3 is 2.83 bits per heavy atom. The predicted octanol–water partition coefficient (Wildman–Crippen LogP) is 4.42. The van der Waals surface area contributed by atoms with E-state index in [1.54, 1.807) is 11.8 Å². The quantitative estimate of drug-likeness (QED) is 0.609. The second kappa shape index (κ2) is 11.1. The summed E-state index contributed by atoms with van der Waals surface area (Å²) in [7, 11) is 0. The number of hydrogen-bond acceptors (Lipinski definition) is 4. The molecule has 0 radical (unpaired) electrons. The first-order valence-electron chi connectivity index (χ1n) is 9.46. The molecule has 156 valence electrons. The molecule has 1 aliphatic rings. The van der Waals surface area contributed by atoms with Crippen molar-refractivity contribution in [2.24, 2.45) is 0 Å². The van der Waals surface area contributed by atoms with Gasteiger partial charge in [0.1, 0.15) is 0 Å². The maximum absolute atomic E-state index is 12.2. The van der Waals surface area contributed by atoms with Crippen molar-refractivity contribution in [1.82, 2.24) is 15.5 Å². The first-order valence-corrected chi connectivity index (χ1v) is 11.4. The first-order chi connectivity index (χ1) is 14.0. The molecule has 1 fully saturated rings. The minimum atomic E-state index is -0.189. The summed E-state index contributed by atoms with van der Waals surface area (Å²) in [5.74, 6) is 0. The number of ether oxygens (including phenoxy) is 1. The third-order valence-corrected chi connectivity index (χ3v) is 6.31. The molecule has 2 aromatic rings. The lowest BCUT2D eigenvalue weighted by Crippen LogP contribution is -2.48. The van der Waals surface area contributed by atoms with Crippen LogP contribution in [-0.2, 0) is 17.8 Å². The zero-order chi connectivity index (χ0) is 20.6. The van der Waals surface area contributed by atoms with E-state index in [0.29, 0.717) is 29.7 Å². The molecule has 0 aliphatic carbocycles. The predicted molar refractivity (Wildman–Crippen MR) is 120 cm³/mol. The number of carbonyl (C=O) groups is 1. The van der Waals surface area contributed by atoms with Crippen LogP contribution in [0.1, 0.15) is 11.1 Å². The third kappa shape index (κ3) is 6.79. The topological polar surface area (TPSA) is 53.6 Å². The number of thioether (sulfide) groups is 1. The summed E-state index contributed by atoms with van der Waals surface area (Å²) in [6.45, 7) is 3.96. The minimum absolute atomic E-state index is 0.0456. The van der Waals surface area contributed by atoms with Crippen LogP contribution in [0.5, 0.6) is 0 Å². The smallest absolute Gasteiger partial charge is 0.315 e. The second-order valence-electron chi connectivity index (χ2n) is 6.85. The monoisotopic (exact) mass is 453 g/mol. The van der Waals surface area contributed by atoms with Crippen LogP contribution in [0.25, 0.3) is 0 Å². The Balaban J connectivity index is 1.43. The molecular formula is C21H25Cl2N3O2S. The van der Waals surface area contributed by atoms with E-state index >= 15 is 0 Å². The van der Waals surface area contributed by atoms with Crippen LogP contribution < -0.4 is 10.6 Å². The van der Waals surface area contributed by atoms with Gasteiger partial charge in [-0.2, -0.15) is 0 Å². The van der Waals surface area contributed by atoms with E-state index in [-0.39, 0.29) is 12.1 Å². The van der Waals surface area contributed by atoms with Crippen molar-refractivity contribution < 1.29 is 9.53 Å². The highest BCUT2D eigenvalue weighted by atomic mass is 35.5. The van der Waals surface area contributed by atoms with Crippen molar-refractivity contribution >= 4 is 41.0 Å². The average molecular weight is 454 g/mol. The zero-order valence-electron chi connectivity index (χ0n) is 16.3. The maximum atomic E-state index is 12.2. The largest absolute Gasteiger partial charge is 0.374 e. The van der Waals surface area contributed by atoms with E-state index in [1.807, 2.05) is 42.7 Å². The van der Waals surface area contributed by atoms with Gasteiger partial charge >= 0.3 is 6.03 Å². The number of carbonyl (C=O) groups excluding carboxylic acids is 1. The second-order valence-corrected chi connectivity index (χ2v) is 8.51. The molecule has 1 atom stereocenters. The lowest BCUT2D eigenvalue weighted by molar-refractivity contribution is -0.0287. The SMILES string of the molecule is CSc1ccccc1CNC(=O)NCC1CN(Cc2ccc(Cl)c(Cl)c2)CCO1. The molecule has 0 aromatic heterocycles.